The average Bonchev–Trinajstić information content (AvgIpc) is 3.45. The standard InChI is InChI=1S/C27H41NO3/c1-17-21-8-9-23-20-7-6-18-15-19(31-25(29)24-5-4-14-30-24)10-12-26(18,2)22(20)11-13-27(21,23)16-28(17)3/h6,17,19-24H,4-5,7-16H2,1-3H3/t17-,19-,20+,21?,22-,23-,24?,26-,27-/m0/s1. The summed E-state index contributed by atoms with van der Waals surface area (Å²) in [4.78, 5) is 15.2. The predicted molar refractivity (Wildman–Crippen MR) is 120 cm³/mol. The maximum absolute atomic E-state index is 12.5. The van der Waals surface area contributed by atoms with Gasteiger partial charge in [0, 0.05) is 25.6 Å². The molecule has 2 aliphatic heterocycles. The van der Waals surface area contributed by atoms with Gasteiger partial charge in [-0.3, -0.25) is 0 Å². The quantitative estimate of drug-likeness (QED) is 0.461. The van der Waals surface area contributed by atoms with E-state index in [2.05, 4.69) is 31.9 Å². The van der Waals surface area contributed by atoms with Gasteiger partial charge in [-0.1, -0.05) is 18.6 Å². The summed E-state index contributed by atoms with van der Waals surface area (Å²) in [6.45, 7) is 7.07. The highest BCUT2D eigenvalue weighted by Crippen LogP contribution is 2.68. The summed E-state index contributed by atoms with van der Waals surface area (Å²) in [5.41, 5.74) is 2.53. The highest BCUT2D eigenvalue weighted by molar-refractivity contribution is 5.75. The molecule has 3 saturated carbocycles. The van der Waals surface area contributed by atoms with Crippen molar-refractivity contribution in [1.82, 2.24) is 4.90 Å². The molecule has 0 amide bonds. The molecule has 1 spiro atoms. The largest absolute Gasteiger partial charge is 0.460 e. The van der Waals surface area contributed by atoms with Crippen LogP contribution in [0.2, 0.25) is 0 Å². The minimum Gasteiger partial charge on any atom is -0.460 e. The van der Waals surface area contributed by atoms with Crippen molar-refractivity contribution in [2.75, 3.05) is 20.2 Å². The highest BCUT2D eigenvalue weighted by atomic mass is 16.6. The Morgan fingerprint density at radius 3 is 2.77 bits per heavy atom. The van der Waals surface area contributed by atoms with Crippen molar-refractivity contribution in [1.29, 1.82) is 0 Å². The van der Waals surface area contributed by atoms with Crippen LogP contribution in [-0.4, -0.2) is 49.3 Å². The van der Waals surface area contributed by atoms with Gasteiger partial charge in [-0.25, -0.2) is 4.79 Å². The number of fused-ring (bicyclic) bond motifs is 4. The second-order valence-corrected chi connectivity index (χ2v) is 12.2. The molecule has 9 atom stereocenters. The van der Waals surface area contributed by atoms with Crippen molar-refractivity contribution in [2.45, 2.75) is 96.3 Å². The van der Waals surface area contributed by atoms with Crippen LogP contribution in [0.15, 0.2) is 11.6 Å². The van der Waals surface area contributed by atoms with Gasteiger partial charge in [-0.15, -0.1) is 0 Å². The van der Waals surface area contributed by atoms with Crippen molar-refractivity contribution in [3.05, 3.63) is 11.6 Å². The van der Waals surface area contributed by atoms with E-state index in [-0.39, 0.29) is 18.2 Å². The van der Waals surface area contributed by atoms with Crippen molar-refractivity contribution < 1.29 is 14.3 Å². The molecule has 4 nitrogen and oxygen atoms in total. The second kappa shape index (κ2) is 7.32. The van der Waals surface area contributed by atoms with Crippen LogP contribution in [0.5, 0.6) is 0 Å². The normalized spacial score (nSPS) is 51.5. The van der Waals surface area contributed by atoms with Gasteiger partial charge in [0.25, 0.3) is 0 Å². The maximum Gasteiger partial charge on any atom is 0.335 e. The molecule has 4 heteroatoms. The third kappa shape index (κ3) is 2.96. The van der Waals surface area contributed by atoms with Gasteiger partial charge in [0.15, 0.2) is 6.10 Å². The van der Waals surface area contributed by atoms with Gasteiger partial charge in [0.05, 0.1) is 0 Å². The van der Waals surface area contributed by atoms with E-state index in [0.717, 1.165) is 55.4 Å². The first-order valence-corrected chi connectivity index (χ1v) is 13.1. The van der Waals surface area contributed by atoms with E-state index in [1.165, 1.54) is 45.1 Å². The minimum atomic E-state index is -0.310. The van der Waals surface area contributed by atoms with E-state index in [0.29, 0.717) is 17.4 Å². The van der Waals surface area contributed by atoms with Gasteiger partial charge >= 0.3 is 5.97 Å². The zero-order valence-corrected chi connectivity index (χ0v) is 19.8. The van der Waals surface area contributed by atoms with Crippen molar-refractivity contribution in [3.63, 3.8) is 0 Å². The molecule has 0 aromatic rings. The molecular formula is C27H41NO3. The Kier molecular flexibility index (Phi) is 4.89. The summed E-state index contributed by atoms with van der Waals surface area (Å²) in [5.74, 6) is 3.44. The molecule has 0 bridgehead atoms. The van der Waals surface area contributed by atoms with E-state index in [4.69, 9.17) is 9.47 Å². The van der Waals surface area contributed by atoms with Gasteiger partial charge in [0.2, 0.25) is 0 Å². The average molecular weight is 428 g/mol. The first-order chi connectivity index (χ1) is 14.9. The lowest BCUT2D eigenvalue weighted by atomic mass is 9.47. The molecule has 0 aromatic heterocycles. The van der Waals surface area contributed by atoms with Crippen LogP contribution in [-0.2, 0) is 14.3 Å². The fraction of sp³-hybridized carbons (Fsp3) is 0.889. The number of hydrogen-bond acceptors (Lipinski definition) is 4. The number of rotatable bonds is 2. The monoisotopic (exact) mass is 427 g/mol. The third-order valence-corrected chi connectivity index (χ3v) is 11.1. The van der Waals surface area contributed by atoms with Crippen molar-refractivity contribution in [2.24, 2.45) is 34.5 Å². The zero-order valence-electron chi connectivity index (χ0n) is 19.8. The number of hydrogen-bond donors (Lipinski definition) is 0. The van der Waals surface area contributed by atoms with Gasteiger partial charge < -0.3 is 14.4 Å². The molecule has 6 rings (SSSR count). The molecular weight excluding hydrogens is 386 g/mol. The molecule has 0 N–H and O–H groups in total. The Bertz CT molecular complexity index is 772. The van der Waals surface area contributed by atoms with Crippen LogP contribution < -0.4 is 0 Å². The van der Waals surface area contributed by atoms with E-state index in [1.54, 1.807) is 5.57 Å². The fourth-order valence-corrected chi connectivity index (χ4v) is 9.53. The molecule has 4 aliphatic carbocycles. The molecule has 2 heterocycles. The summed E-state index contributed by atoms with van der Waals surface area (Å²) >= 11 is 0. The predicted octanol–water partition coefficient (Wildman–Crippen LogP) is 4.97. The molecule has 172 valence electrons. The van der Waals surface area contributed by atoms with Crippen molar-refractivity contribution in [3.8, 4) is 0 Å². The smallest absolute Gasteiger partial charge is 0.335 e. The second-order valence-electron chi connectivity index (χ2n) is 12.2. The Balaban J connectivity index is 1.19. The number of esters is 1. The van der Waals surface area contributed by atoms with E-state index >= 15 is 0 Å². The summed E-state index contributed by atoms with van der Waals surface area (Å²) in [6, 6.07) is 0.765. The molecule has 31 heavy (non-hydrogen) atoms. The topological polar surface area (TPSA) is 38.8 Å². The van der Waals surface area contributed by atoms with Crippen LogP contribution in [0.1, 0.15) is 78.1 Å². The number of ether oxygens (including phenoxy) is 2. The first-order valence-electron chi connectivity index (χ1n) is 13.1. The SMILES string of the molecule is C[C@H]1C2CC[C@H]3[C@@H]4CC=C5C[C@@H](OC(=O)C6CCCO6)CC[C@]5(C)[C@H]4CC[C@]23CN1C. The number of allylic oxidation sites excluding steroid dienone is 1. The molecule has 2 unspecified atom stereocenters. The van der Waals surface area contributed by atoms with Gasteiger partial charge in [-0.2, -0.15) is 0 Å². The lowest BCUT2D eigenvalue weighted by molar-refractivity contribution is -0.162. The highest BCUT2D eigenvalue weighted by Gasteiger charge is 2.64. The van der Waals surface area contributed by atoms with E-state index in [9.17, 15) is 4.79 Å². The number of nitrogens with zero attached hydrogens (tertiary/aromatic N) is 1. The maximum atomic E-state index is 12.5. The summed E-state index contributed by atoms with van der Waals surface area (Å²) in [7, 11) is 2.36. The fourth-order valence-electron chi connectivity index (χ4n) is 9.53. The summed E-state index contributed by atoms with van der Waals surface area (Å²) < 4.78 is 11.5. The molecule has 5 fully saturated rings. The van der Waals surface area contributed by atoms with E-state index < -0.39 is 0 Å². The summed E-state index contributed by atoms with van der Waals surface area (Å²) in [6.07, 6.45) is 14.3. The molecule has 0 aromatic carbocycles. The van der Waals surface area contributed by atoms with Crippen LogP contribution in [0, 0.1) is 34.5 Å². The van der Waals surface area contributed by atoms with Gasteiger partial charge in [0.1, 0.15) is 6.10 Å². The zero-order chi connectivity index (χ0) is 21.4. The van der Waals surface area contributed by atoms with Crippen LogP contribution in [0.3, 0.4) is 0 Å². The first kappa shape index (κ1) is 20.7. The van der Waals surface area contributed by atoms with Crippen LogP contribution >= 0.6 is 0 Å². The van der Waals surface area contributed by atoms with Crippen LogP contribution in [0.4, 0.5) is 0 Å². The Labute approximate surface area is 188 Å². The van der Waals surface area contributed by atoms with E-state index in [1.807, 2.05) is 0 Å². The molecule has 2 saturated heterocycles. The Morgan fingerprint density at radius 2 is 1.97 bits per heavy atom. The Morgan fingerprint density at radius 1 is 1.13 bits per heavy atom. The third-order valence-electron chi connectivity index (χ3n) is 11.1. The van der Waals surface area contributed by atoms with Gasteiger partial charge in [-0.05, 0) is 106 Å². The Hall–Kier alpha value is -0.870. The number of carbonyl (C=O) groups excluding carboxylic acids is 1. The lowest BCUT2D eigenvalue weighted by Crippen LogP contribution is -2.52. The van der Waals surface area contributed by atoms with Crippen LogP contribution in [0.25, 0.3) is 0 Å². The minimum absolute atomic E-state index is 0.0581. The molecule has 0 radical (unpaired) electrons. The van der Waals surface area contributed by atoms with Crippen molar-refractivity contribution >= 4 is 5.97 Å². The number of carbonyl (C=O) groups is 1. The molecule has 6 aliphatic rings. The lowest BCUT2D eigenvalue weighted by Gasteiger charge is -2.58. The summed E-state index contributed by atoms with van der Waals surface area (Å²) in [5, 5.41) is 0. The number of likely N-dealkylation sites (tertiary alicyclic amines) is 1.